The first-order chi connectivity index (χ1) is 8.58. The molecule has 18 heavy (non-hydrogen) atoms. The van der Waals surface area contributed by atoms with Gasteiger partial charge in [0.05, 0.1) is 6.04 Å². The number of carbonyl (C=O) groups excluding carboxylic acids is 1. The van der Waals surface area contributed by atoms with Gasteiger partial charge in [-0.3, -0.25) is 14.5 Å². The van der Waals surface area contributed by atoms with E-state index in [0.717, 1.165) is 0 Å². The quantitative estimate of drug-likeness (QED) is 0.845. The smallest absolute Gasteiger partial charge is 0.243 e. The van der Waals surface area contributed by atoms with Gasteiger partial charge in [-0.25, -0.2) is 0 Å². The van der Waals surface area contributed by atoms with Crippen molar-refractivity contribution >= 4 is 17.5 Å². The second-order valence-electron chi connectivity index (χ2n) is 4.68. The molecule has 2 rings (SSSR count). The molecule has 1 amide bonds. The van der Waals surface area contributed by atoms with Crippen molar-refractivity contribution < 1.29 is 4.79 Å². The summed E-state index contributed by atoms with van der Waals surface area (Å²) >= 11 is 0. The van der Waals surface area contributed by atoms with Gasteiger partial charge in [-0.2, -0.15) is 0 Å². The molecule has 2 aromatic heterocycles. The van der Waals surface area contributed by atoms with E-state index in [1.165, 1.54) is 0 Å². The molecule has 6 heteroatoms. The Hall–Kier alpha value is -1.95. The Morgan fingerprint density at radius 2 is 2.22 bits per heavy atom. The molecule has 0 radical (unpaired) electrons. The number of nitrogens with zero attached hydrogens (tertiary/aromatic N) is 3. The Morgan fingerprint density at radius 1 is 1.44 bits per heavy atom. The predicted octanol–water partition coefficient (Wildman–Crippen LogP) is 1.04. The fourth-order valence-corrected chi connectivity index (χ4v) is 1.74. The third-order valence-corrected chi connectivity index (χ3v) is 2.61. The molecule has 0 aliphatic heterocycles. The first-order valence-electron chi connectivity index (χ1n) is 5.94. The van der Waals surface area contributed by atoms with E-state index in [-0.39, 0.29) is 5.91 Å². The lowest BCUT2D eigenvalue weighted by atomic mass is 10.0. The number of nitrogens with two attached hydrogens (primary N) is 1. The summed E-state index contributed by atoms with van der Waals surface area (Å²) in [4.78, 5) is 11.9. The lowest BCUT2D eigenvalue weighted by Gasteiger charge is -2.12. The normalized spacial score (nSPS) is 12.9. The summed E-state index contributed by atoms with van der Waals surface area (Å²) in [5.41, 5.74) is 6.49. The number of fused-ring (bicyclic) bond motifs is 1. The Labute approximate surface area is 105 Å². The van der Waals surface area contributed by atoms with Crippen LogP contribution in [0.15, 0.2) is 24.4 Å². The topological polar surface area (TPSA) is 85.3 Å². The predicted molar refractivity (Wildman–Crippen MR) is 69.0 cm³/mol. The van der Waals surface area contributed by atoms with Gasteiger partial charge in [-0.05, 0) is 24.5 Å². The lowest BCUT2D eigenvalue weighted by Crippen LogP contribution is -2.37. The van der Waals surface area contributed by atoms with E-state index >= 15 is 0 Å². The van der Waals surface area contributed by atoms with E-state index in [9.17, 15) is 4.79 Å². The van der Waals surface area contributed by atoms with Crippen LogP contribution in [0.25, 0.3) is 5.65 Å². The molecular weight excluding hydrogens is 230 g/mol. The molecule has 0 aliphatic rings. The highest BCUT2D eigenvalue weighted by Crippen LogP contribution is 2.09. The van der Waals surface area contributed by atoms with Gasteiger partial charge in [0, 0.05) is 6.20 Å². The molecule has 0 bridgehead atoms. The van der Waals surface area contributed by atoms with E-state index < -0.39 is 6.04 Å². The van der Waals surface area contributed by atoms with Gasteiger partial charge in [0.25, 0.3) is 0 Å². The highest BCUT2D eigenvalue weighted by molar-refractivity contribution is 5.93. The molecule has 2 heterocycles. The number of carbonyl (C=O) groups is 1. The van der Waals surface area contributed by atoms with Gasteiger partial charge < -0.3 is 5.73 Å². The summed E-state index contributed by atoms with van der Waals surface area (Å²) in [5, 5.41) is 10.6. The maximum Gasteiger partial charge on any atom is 0.243 e. The zero-order valence-electron chi connectivity index (χ0n) is 10.5. The Morgan fingerprint density at radius 3 is 2.94 bits per heavy atom. The maximum atomic E-state index is 11.9. The number of rotatable bonds is 4. The molecule has 0 saturated carbocycles. The molecule has 6 nitrogen and oxygen atoms in total. The number of hydrogen-bond donors (Lipinski definition) is 2. The highest BCUT2D eigenvalue weighted by atomic mass is 16.2. The number of hydrogen-bond acceptors (Lipinski definition) is 4. The van der Waals surface area contributed by atoms with Crippen LogP contribution in [0.2, 0.25) is 0 Å². The average molecular weight is 247 g/mol. The van der Waals surface area contributed by atoms with Crippen LogP contribution in [-0.4, -0.2) is 26.5 Å². The van der Waals surface area contributed by atoms with Crippen molar-refractivity contribution in [2.75, 3.05) is 5.32 Å². The number of aromatic nitrogens is 3. The van der Waals surface area contributed by atoms with Crippen LogP contribution in [-0.2, 0) is 4.79 Å². The van der Waals surface area contributed by atoms with Crippen molar-refractivity contribution in [3.63, 3.8) is 0 Å². The minimum Gasteiger partial charge on any atom is -0.320 e. The van der Waals surface area contributed by atoms with Crippen LogP contribution in [0.4, 0.5) is 5.95 Å². The summed E-state index contributed by atoms with van der Waals surface area (Å²) in [6.45, 7) is 4.05. The van der Waals surface area contributed by atoms with Crippen molar-refractivity contribution in [2.24, 2.45) is 11.7 Å². The van der Waals surface area contributed by atoms with E-state index in [0.29, 0.717) is 23.9 Å². The van der Waals surface area contributed by atoms with Crippen molar-refractivity contribution in [1.82, 2.24) is 14.6 Å². The van der Waals surface area contributed by atoms with Gasteiger partial charge in [0.1, 0.15) is 0 Å². The molecule has 0 spiro atoms. The van der Waals surface area contributed by atoms with Crippen LogP contribution >= 0.6 is 0 Å². The first-order valence-corrected chi connectivity index (χ1v) is 5.94. The second-order valence-corrected chi connectivity index (χ2v) is 4.68. The average Bonchev–Trinajstić information content (AvgIpc) is 2.72. The molecule has 2 aromatic rings. The largest absolute Gasteiger partial charge is 0.320 e. The van der Waals surface area contributed by atoms with Crippen molar-refractivity contribution in [3.05, 3.63) is 24.4 Å². The fourth-order valence-electron chi connectivity index (χ4n) is 1.74. The highest BCUT2D eigenvalue weighted by Gasteiger charge is 2.17. The fraction of sp³-hybridized carbons (Fsp3) is 0.417. The zero-order chi connectivity index (χ0) is 13.1. The third kappa shape index (κ3) is 2.65. The number of pyridine rings is 1. The number of amides is 1. The van der Waals surface area contributed by atoms with Crippen molar-refractivity contribution in [1.29, 1.82) is 0 Å². The van der Waals surface area contributed by atoms with Crippen molar-refractivity contribution in [3.8, 4) is 0 Å². The molecule has 96 valence electrons. The van der Waals surface area contributed by atoms with Gasteiger partial charge in [0.15, 0.2) is 5.65 Å². The Kier molecular flexibility index (Phi) is 3.57. The zero-order valence-corrected chi connectivity index (χ0v) is 10.5. The summed E-state index contributed by atoms with van der Waals surface area (Å²) in [7, 11) is 0. The van der Waals surface area contributed by atoms with Crippen LogP contribution < -0.4 is 11.1 Å². The van der Waals surface area contributed by atoms with Gasteiger partial charge in [-0.1, -0.05) is 19.9 Å². The Bertz CT molecular complexity index is 548. The summed E-state index contributed by atoms with van der Waals surface area (Å²) in [6.07, 6.45) is 2.43. The number of nitrogens with one attached hydrogen (secondary N) is 1. The van der Waals surface area contributed by atoms with Gasteiger partial charge in [-0.15, -0.1) is 10.2 Å². The van der Waals surface area contributed by atoms with Crippen LogP contribution in [0, 0.1) is 5.92 Å². The molecule has 0 unspecified atom stereocenters. The number of anilines is 1. The molecular formula is C12H17N5O. The minimum atomic E-state index is -0.527. The van der Waals surface area contributed by atoms with Gasteiger partial charge >= 0.3 is 0 Å². The summed E-state index contributed by atoms with van der Waals surface area (Å²) in [5.74, 6) is 0.539. The summed E-state index contributed by atoms with van der Waals surface area (Å²) in [6, 6.07) is 5.00. The summed E-state index contributed by atoms with van der Waals surface area (Å²) < 4.78 is 1.71. The second kappa shape index (κ2) is 5.14. The minimum absolute atomic E-state index is 0.234. The molecule has 0 fully saturated rings. The molecule has 3 N–H and O–H groups in total. The van der Waals surface area contributed by atoms with E-state index in [2.05, 4.69) is 15.5 Å². The standard InChI is InChI=1S/C12H17N5O/c1-8(2)7-9(13)11(18)14-12-16-15-10-5-3-4-6-17(10)12/h3-6,8-9H,7,13H2,1-2H3,(H,14,16,18)/t9-/m0/s1. The van der Waals surface area contributed by atoms with E-state index in [1.807, 2.05) is 32.0 Å². The molecule has 0 saturated heterocycles. The van der Waals surface area contributed by atoms with Crippen molar-refractivity contribution in [2.45, 2.75) is 26.3 Å². The van der Waals surface area contributed by atoms with Gasteiger partial charge in [0.2, 0.25) is 11.9 Å². The van der Waals surface area contributed by atoms with E-state index in [4.69, 9.17) is 5.73 Å². The van der Waals surface area contributed by atoms with Crippen LogP contribution in [0.5, 0.6) is 0 Å². The molecule has 1 atom stereocenters. The third-order valence-electron chi connectivity index (χ3n) is 2.61. The van der Waals surface area contributed by atoms with Crippen LogP contribution in [0.1, 0.15) is 20.3 Å². The van der Waals surface area contributed by atoms with E-state index in [1.54, 1.807) is 10.6 Å². The maximum absolute atomic E-state index is 11.9. The molecule has 0 aromatic carbocycles. The van der Waals surface area contributed by atoms with Crippen LogP contribution in [0.3, 0.4) is 0 Å². The first kappa shape index (κ1) is 12.5. The lowest BCUT2D eigenvalue weighted by molar-refractivity contribution is -0.117. The monoisotopic (exact) mass is 247 g/mol. The Balaban J connectivity index is 2.12. The molecule has 0 aliphatic carbocycles. The SMILES string of the molecule is CC(C)C[C@H](N)C(=O)Nc1nnc2ccccn12.